The molecule has 0 aromatic heterocycles. The molecule has 0 bridgehead atoms. The number of benzene rings is 2. The number of aliphatic imine (C=N–C) groups is 1. The van der Waals surface area contributed by atoms with Crippen LogP contribution in [0, 0.1) is 0 Å². The zero-order valence-electron chi connectivity index (χ0n) is 18.5. The van der Waals surface area contributed by atoms with E-state index in [1.54, 1.807) is 19.0 Å². The quantitative estimate of drug-likeness (QED) is 0.292. The minimum Gasteiger partial charge on any atom is -0.379 e. The van der Waals surface area contributed by atoms with Gasteiger partial charge in [-0.2, -0.15) is 0 Å². The number of carbonyl (C=O) groups is 1. The zero-order chi connectivity index (χ0) is 22.2. The molecule has 2 N–H and O–H groups in total. The lowest BCUT2D eigenvalue weighted by Crippen LogP contribution is -2.43. The molecule has 0 fully saturated rings. The molecule has 1 amide bonds. The maximum atomic E-state index is 11.9. The van der Waals surface area contributed by atoms with E-state index in [0.717, 1.165) is 17.5 Å². The molecule has 168 valence electrons. The summed E-state index contributed by atoms with van der Waals surface area (Å²) in [5.41, 5.74) is 2.27. The molecule has 0 heterocycles. The van der Waals surface area contributed by atoms with Crippen LogP contribution in [-0.4, -0.2) is 63.8 Å². The molecule has 0 saturated heterocycles. The predicted molar refractivity (Wildman–Crippen MR) is 124 cm³/mol. The molecule has 0 radical (unpaired) electrons. The van der Waals surface area contributed by atoms with Gasteiger partial charge in [0.25, 0.3) is 0 Å². The Kier molecular flexibility index (Phi) is 11.8. The molecule has 0 aliphatic rings. The van der Waals surface area contributed by atoms with E-state index in [2.05, 4.69) is 15.6 Å². The van der Waals surface area contributed by atoms with E-state index in [0.29, 0.717) is 45.5 Å². The molecular weight excluding hydrogens is 392 g/mol. The van der Waals surface area contributed by atoms with Gasteiger partial charge in [-0.1, -0.05) is 60.7 Å². The second-order valence-electron chi connectivity index (χ2n) is 7.22. The van der Waals surface area contributed by atoms with Crippen molar-refractivity contribution in [1.29, 1.82) is 0 Å². The highest BCUT2D eigenvalue weighted by Crippen LogP contribution is 2.01. The Hall–Kier alpha value is -2.90. The van der Waals surface area contributed by atoms with Crippen LogP contribution in [0.1, 0.15) is 17.5 Å². The lowest BCUT2D eigenvalue weighted by Gasteiger charge is -2.15. The molecule has 0 spiro atoms. The van der Waals surface area contributed by atoms with Crippen LogP contribution < -0.4 is 10.6 Å². The number of carbonyl (C=O) groups excluding carboxylic acids is 1. The van der Waals surface area contributed by atoms with Crippen LogP contribution in [0.5, 0.6) is 0 Å². The number of hydrogen-bond acceptors (Lipinski definition) is 4. The summed E-state index contributed by atoms with van der Waals surface area (Å²) >= 11 is 0. The SMILES string of the molecule is CN(C)C(=O)CNC(=NCc1ccccc1)NCCCOCCOCc1ccccc1. The number of amides is 1. The minimum absolute atomic E-state index is 0.00644. The largest absolute Gasteiger partial charge is 0.379 e. The number of guanidine groups is 1. The standard InChI is InChI=1S/C24H34N4O3/c1-28(2)23(29)19-27-24(26-18-21-10-5-3-6-11-21)25-14-9-15-30-16-17-31-20-22-12-7-4-8-13-22/h3-8,10-13H,9,14-20H2,1-2H3,(H2,25,26,27). The topological polar surface area (TPSA) is 75.2 Å². The summed E-state index contributed by atoms with van der Waals surface area (Å²) < 4.78 is 11.2. The molecule has 0 atom stereocenters. The summed E-state index contributed by atoms with van der Waals surface area (Å²) in [6.07, 6.45) is 0.826. The van der Waals surface area contributed by atoms with Gasteiger partial charge in [-0.05, 0) is 17.5 Å². The number of likely N-dealkylation sites (N-methyl/N-ethyl adjacent to an activating group) is 1. The van der Waals surface area contributed by atoms with Gasteiger partial charge in [-0.15, -0.1) is 0 Å². The number of rotatable bonds is 13. The van der Waals surface area contributed by atoms with Crippen molar-refractivity contribution in [1.82, 2.24) is 15.5 Å². The fourth-order valence-corrected chi connectivity index (χ4v) is 2.61. The van der Waals surface area contributed by atoms with E-state index >= 15 is 0 Å². The summed E-state index contributed by atoms with van der Waals surface area (Å²) in [7, 11) is 3.47. The van der Waals surface area contributed by atoms with Crippen LogP contribution in [0.15, 0.2) is 65.7 Å². The van der Waals surface area contributed by atoms with Crippen LogP contribution in [0.4, 0.5) is 0 Å². The van der Waals surface area contributed by atoms with Crippen molar-refractivity contribution in [3.05, 3.63) is 71.8 Å². The maximum absolute atomic E-state index is 11.9. The summed E-state index contributed by atoms with van der Waals surface area (Å²) in [5, 5.41) is 6.36. The fraction of sp³-hybridized carbons (Fsp3) is 0.417. The third-order valence-electron chi connectivity index (χ3n) is 4.41. The van der Waals surface area contributed by atoms with Crippen molar-refractivity contribution in [2.45, 2.75) is 19.6 Å². The van der Waals surface area contributed by atoms with E-state index in [-0.39, 0.29) is 12.5 Å². The lowest BCUT2D eigenvalue weighted by atomic mass is 10.2. The average Bonchev–Trinajstić information content (AvgIpc) is 2.80. The molecule has 0 saturated carbocycles. The van der Waals surface area contributed by atoms with Crippen molar-refractivity contribution in [2.75, 3.05) is 47.0 Å². The van der Waals surface area contributed by atoms with Crippen molar-refractivity contribution in [3.63, 3.8) is 0 Å². The maximum Gasteiger partial charge on any atom is 0.241 e. The normalized spacial score (nSPS) is 11.2. The smallest absolute Gasteiger partial charge is 0.241 e. The monoisotopic (exact) mass is 426 g/mol. The van der Waals surface area contributed by atoms with Gasteiger partial charge < -0.3 is 25.0 Å². The van der Waals surface area contributed by atoms with Crippen LogP contribution in [0.3, 0.4) is 0 Å². The minimum atomic E-state index is -0.00644. The van der Waals surface area contributed by atoms with Gasteiger partial charge in [0.05, 0.1) is 32.9 Å². The first-order chi connectivity index (χ1) is 15.1. The Labute approximate surface area is 185 Å². The van der Waals surface area contributed by atoms with E-state index in [1.165, 1.54) is 0 Å². The summed E-state index contributed by atoms with van der Waals surface area (Å²) in [5.74, 6) is 0.610. The molecule has 2 aromatic rings. The van der Waals surface area contributed by atoms with Gasteiger partial charge >= 0.3 is 0 Å². The number of ether oxygens (including phenoxy) is 2. The van der Waals surface area contributed by atoms with Crippen LogP contribution in [0.25, 0.3) is 0 Å². The highest BCUT2D eigenvalue weighted by atomic mass is 16.5. The Morgan fingerprint density at radius 1 is 0.871 bits per heavy atom. The first-order valence-electron chi connectivity index (χ1n) is 10.6. The summed E-state index contributed by atoms with van der Waals surface area (Å²) in [4.78, 5) is 18.0. The molecule has 31 heavy (non-hydrogen) atoms. The first-order valence-corrected chi connectivity index (χ1v) is 10.6. The highest BCUT2D eigenvalue weighted by Gasteiger charge is 2.05. The van der Waals surface area contributed by atoms with E-state index in [1.807, 2.05) is 60.7 Å². The fourth-order valence-electron chi connectivity index (χ4n) is 2.61. The Morgan fingerprint density at radius 2 is 1.52 bits per heavy atom. The molecule has 2 aromatic carbocycles. The highest BCUT2D eigenvalue weighted by molar-refractivity contribution is 5.86. The van der Waals surface area contributed by atoms with Gasteiger partial charge in [-0.25, -0.2) is 4.99 Å². The zero-order valence-corrected chi connectivity index (χ0v) is 18.5. The Bertz CT molecular complexity index is 767. The van der Waals surface area contributed by atoms with Crippen molar-refractivity contribution >= 4 is 11.9 Å². The van der Waals surface area contributed by atoms with Gasteiger partial charge in [0, 0.05) is 27.2 Å². The van der Waals surface area contributed by atoms with Gasteiger partial charge in [0.15, 0.2) is 5.96 Å². The molecule has 2 rings (SSSR count). The molecule has 7 heteroatoms. The van der Waals surface area contributed by atoms with Crippen LogP contribution in [-0.2, 0) is 27.4 Å². The van der Waals surface area contributed by atoms with Crippen molar-refractivity contribution in [2.24, 2.45) is 4.99 Å². The van der Waals surface area contributed by atoms with E-state index in [9.17, 15) is 4.79 Å². The van der Waals surface area contributed by atoms with Gasteiger partial charge in [-0.3, -0.25) is 4.79 Å². The van der Waals surface area contributed by atoms with Crippen LogP contribution >= 0.6 is 0 Å². The van der Waals surface area contributed by atoms with Crippen LogP contribution in [0.2, 0.25) is 0 Å². The molecule has 0 aliphatic heterocycles. The molecule has 7 nitrogen and oxygen atoms in total. The molecule has 0 unspecified atom stereocenters. The van der Waals surface area contributed by atoms with Gasteiger partial charge in [0.1, 0.15) is 0 Å². The van der Waals surface area contributed by atoms with E-state index < -0.39 is 0 Å². The molecule has 0 aliphatic carbocycles. The van der Waals surface area contributed by atoms with Crippen molar-refractivity contribution < 1.29 is 14.3 Å². The average molecular weight is 427 g/mol. The molecular formula is C24H34N4O3. The predicted octanol–water partition coefficient (Wildman–Crippen LogP) is 2.43. The Balaban J connectivity index is 1.62. The third kappa shape index (κ3) is 11.2. The third-order valence-corrected chi connectivity index (χ3v) is 4.41. The number of hydrogen-bond donors (Lipinski definition) is 2. The lowest BCUT2D eigenvalue weighted by molar-refractivity contribution is -0.127. The number of nitrogens with zero attached hydrogens (tertiary/aromatic N) is 2. The number of nitrogens with one attached hydrogen (secondary N) is 2. The second kappa shape index (κ2) is 15.0. The first kappa shape index (κ1) is 24.4. The van der Waals surface area contributed by atoms with Crippen molar-refractivity contribution in [3.8, 4) is 0 Å². The summed E-state index contributed by atoms with van der Waals surface area (Å²) in [6.45, 7) is 3.80. The van der Waals surface area contributed by atoms with E-state index in [4.69, 9.17) is 9.47 Å². The second-order valence-corrected chi connectivity index (χ2v) is 7.22. The van der Waals surface area contributed by atoms with Gasteiger partial charge in [0.2, 0.25) is 5.91 Å². The Morgan fingerprint density at radius 3 is 2.19 bits per heavy atom. The summed E-state index contributed by atoms with van der Waals surface area (Å²) in [6, 6.07) is 20.1.